The first-order chi connectivity index (χ1) is 7.45. The quantitative estimate of drug-likeness (QED) is 0.676. The van der Waals surface area contributed by atoms with E-state index in [9.17, 15) is 13.2 Å². The highest BCUT2D eigenvalue weighted by atomic mass is 79.9. The summed E-state index contributed by atoms with van der Waals surface area (Å²) in [5.41, 5.74) is -0.566. The zero-order valence-electron chi connectivity index (χ0n) is 8.19. The lowest BCUT2D eigenvalue weighted by molar-refractivity contribution is -0.137. The summed E-state index contributed by atoms with van der Waals surface area (Å²) in [6.45, 7) is 0. The summed E-state index contributed by atoms with van der Waals surface area (Å²) in [5, 5.41) is 1.01. The van der Waals surface area contributed by atoms with E-state index in [0.29, 0.717) is 16.8 Å². The van der Waals surface area contributed by atoms with Gasteiger partial charge in [0, 0.05) is 10.4 Å². The van der Waals surface area contributed by atoms with E-state index in [4.69, 9.17) is 11.6 Å². The van der Waals surface area contributed by atoms with Gasteiger partial charge in [0.2, 0.25) is 0 Å². The van der Waals surface area contributed by atoms with E-state index < -0.39 is 11.7 Å². The average Bonchev–Trinajstić information content (AvgIpc) is 2.16. The zero-order chi connectivity index (χ0) is 12.2. The van der Waals surface area contributed by atoms with Gasteiger partial charge in [-0.2, -0.15) is 13.2 Å². The fourth-order valence-corrected chi connectivity index (χ4v) is 1.65. The van der Waals surface area contributed by atoms with Gasteiger partial charge in [0.05, 0.1) is 5.56 Å². The highest BCUT2D eigenvalue weighted by molar-refractivity contribution is 9.09. The Kier molecular flexibility index (Phi) is 4.87. The van der Waals surface area contributed by atoms with Crippen LogP contribution < -0.4 is 0 Å². The van der Waals surface area contributed by atoms with Crippen molar-refractivity contribution >= 4 is 33.6 Å². The van der Waals surface area contributed by atoms with Gasteiger partial charge in [0.25, 0.3) is 0 Å². The van der Waals surface area contributed by atoms with E-state index >= 15 is 0 Å². The molecule has 1 rings (SSSR count). The van der Waals surface area contributed by atoms with Crippen LogP contribution in [0, 0.1) is 0 Å². The van der Waals surface area contributed by atoms with Crippen molar-refractivity contribution in [1.82, 2.24) is 0 Å². The van der Waals surface area contributed by atoms with Crippen LogP contribution in [0.3, 0.4) is 0 Å². The Labute approximate surface area is 105 Å². The van der Waals surface area contributed by atoms with E-state index in [2.05, 4.69) is 15.9 Å². The van der Waals surface area contributed by atoms with Crippen LogP contribution in [0.25, 0.3) is 6.08 Å². The number of halogens is 5. The van der Waals surface area contributed by atoms with Crippen LogP contribution in [-0.2, 0) is 6.18 Å². The normalized spacial score (nSPS) is 12.3. The van der Waals surface area contributed by atoms with Crippen LogP contribution in [0.5, 0.6) is 0 Å². The topological polar surface area (TPSA) is 0 Å². The zero-order valence-corrected chi connectivity index (χ0v) is 10.5. The Morgan fingerprint density at radius 1 is 1.31 bits per heavy atom. The molecule has 0 saturated carbocycles. The number of allylic oxidation sites excluding steroid dienone is 1. The second-order valence-corrected chi connectivity index (χ2v) is 4.34. The fourth-order valence-electron chi connectivity index (χ4n) is 1.20. The first-order valence-electron chi connectivity index (χ1n) is 4.54. The number of benzene rings is 1. The van der Waals surface area contributed by atoms with Crippen molar-refractivity contribution < 1.29 is 13.2 Å². The Morgan fingerprint density at radius 2 is 2.00 bits per heavy atom. The van der Waals surface area contributed by atoms with Gasteiger partial charge in [0.15, 0.2) is 0 Å². The molecule has 0 aliphatic heterocycles. The summed E-state index contributed by atoms with van der Waals surface area (Å²) in [5.74, 6) is 0. The molecule has 0 aliphatic rings. The van der Waals surface area contributed by atoms with Crippen LogP contribution in [0.1, 0.15) is 17.5 Å². The molecule has 0 aromatic heterocycles. The Hall–Kier alpha value is -0.480. The molecule has 0 spiro atoms. The van der Waals surface area contributed by atoms with Crippen molar-refractivity contribution in [3.05, 3.63) is 40.4 Å². The van der Waals surface area contributed by atoms with Gasteiger partial charge in [-0.15, -0.1) is 0 Å². The first-order valence-corrected chi connectivity index (χ1v) is 6.04. The minimum absolute atomic E-state index is 0.0981. The third-order valence-corrected chi connectivity index (χ3v) is 2.59. The molecule has 0 unspecified atom stereocenters. The highest BCUT2D eigenvalue weighted by Gasteiger charge is 2.32. The number of rotatable bonds is 3. The molecule has 1 aromatic rings. The second kappa shape index (κ2) is 5.73. The predicted octanol–water partition coefficient (Wildman–Crippen LogP) is 5.16. The summed E-state index contributed by atoms with van der Waals surface area (Å²) in [4.78, 5) is 0. The molecular formula is C11H9BrClF3. The van der Waals surface area contributed by atoms with Crippen LogP contribution in [0.2, 0.25) is 5.02 Å². The van der Waals surface area contributed by atoms with Crippen molar-refractivity contribution in [2.45, 2.75) is 12.6 Å². The molecule has 5 heteroatoms. The third kappa shape index (κ3) is 3.83. The highest BCUT2D eigenvalue weighted by Crippen LogP contribution is 2.33. The van der Waals surface area contributed by atoms with Gasteiger partial charge in [-0.05, 0) is 30.2 Å². The molecular weight excluding hydrogens is 304 g/mol. The van der Waals surface area contributed by atoms with Crippen molar-refractivity contribution in [1.29, 1.82) is 0 Å². The molecule has 0 bridgehead atoms. The van der Waals surface area contributed by atoms with Gasteiger partial charge in [-0.25, -0.2) is 0 Å². The van der Waals surface area contributed by atoms with Crippen LogP contribution in [0.15, 0.2) is 24.3 Å². The number of alkyl halides is 4. The van der Waals surface area contributed by atoms with Crippen molar-refractivity contribution in [3.63, 3.8) is 0 Å². The maximum Gasteiger partial charge on any atom is 0.416 e. The minimum atomic E-state index is -4.35. The monoisotopic (exact) mass is 312 g/mol. The molecule has 1 aromatic carbocycles. The molecule has 0 saturated heterocycles. The van der Waals surface area contributed by atoms with E-state index in [0.717, 1.165) is 6.07 Å². The van der Waals surface area contributed by atoms with Crippen LogP contribution >= 0.6 is 27.5 Å². The lowest BCUT2D eigenvalue weighted by Crippen LogP contribution is -2.07. The average molecular weight is 314 g/mol. The molecule has 0 aliphatic carbocycles. The van der Waals surface area contributed by atoms with E-state index in [1.165, 1.54) is 18.2 Å². The molecule has 0 nitrogen and oxygen atoms in total. The number of hydrogen-bond donors (Lipinski definition) is 0. The minimum Gasteiger partial charge on any atom is -0.166 e. The SMILES string of the molecule is FC(F)(F)c1ccc(Cl)cc1C=CCCBr. The van der Waals surface area contributed by atoms with Gasteiger partial charge in [-0.1, -0.05) is 39.7 Å². The lowest BCUT2D eigenvalue weighted by atomic mass is 10.1. The molecule has 16 heavy (non-hydrogen) atoms. The summed E-state index contributed by atoms with van der Waals surface area (Å²) < 4.78 is 37.8. The Morgan fingerprint density at radius 3 is 2.56 bits per heavy atom. The van der Waals surface area contributed by atoms with E-state index in [-0.39, 0.29) is 5.56 Å². The molecule has 0 heterocycles. The summed E-state index contributed by atoms with van der Waals surface area (Å²) >= 11 is 8.87. The van der Waals surface area contributed by atoms with E-state index in [1.54, 1.807) is 6.08 Å². The molecule has 0 N–H and O–H groups in total. The third-order valence-electron chi connectivity index (χ3n) is 1.89. The first kappa shape index (κ1) is 13.6. The van der Waals surface area contributed by atoms with Crippen LogP contribution in [0.4, 0.5) is 13.2 Å². The Bertz CT molecular complexity index is 385. The van der Waals surface area contributed by atoms with Crippen molar-refractivity contribution in [2.75, 3.05) is 5.33 Å². The predicted molar refractivity (Wildman–Crippen MR) is 63.9 cm³/mol. The van der Waals surface area contributed by atoms with Gasteiger partial charge in [0.1, 0.15) is 0 Å². The summed E-state index contributed by atoms with van der Waals surface area (Å²) in [6.07, 6.45) is -0.561. The maximum absolute atomic E-state index is 12.6. The van der Waals surface area contributed by atoms with Gasteiger partial charge < -0.3 is 0 Å². The standard InChI is InChI=1S/C11H9BrClF3/c12-6-2-1-3-8-7-9(13)4-5-10(8)11(14,15)16/h1,3-5,7H,2,6H2. The molecule has 0 fully saturated rings. The lowest BCUT2D eigenvalue weighted by Gasteiger charge is -2.10. The largest absolute Gasteiger partial charge is 0.416 e. The van der Waals surface area contributed by atoms with Crippen molar-refractivity contribution in [3.8, 4) is 0 Å². The van der Waals surface area contributed by atoms with Crippen LogP contribution in [-0.4, -0.2) is 5.33 Å². The summed E-state index contributed by atoms with van der Waals surface area (Å²) in [7, 11) is 0. The Balaban J connectivity index is 3.09. The van der Waals surface area contributed by atoms with E-state index in [1.807, 2.05) is 0 Å². The summed E-state index contributed by atoms with van der Waals surface area (Å²) in [6, 6.07) is 3.55. The van der Waals surface area contributed by atoms with Gasteiger partial charge >= 0.3 is 6.18 Å². The maximum atomic E-state index is 12.6. The molecule has 0 amide bonds. The second-order valence-electron chi connectivity index (χ2n) is 3.11. The molecule has 0 atom stereocenters. The fraction of sp³-hybridized carbons (Fsp3) is 0.273. The number of hydrogen-bond acceptors (Lipinski definition) is 0. The smallest absolute Gasteiger partial charge is 0.166 e. The van der Waals surface area contributed by atoms with Gasteiger partial charge in [-0.3, -0.25) is 0 Å². The molecule has 88 valence electrons. The van der Waals surface area contributed by atoms with Crippen molar-refractivity contribution in [2.24, 2.45) is 0 Å². The molecule has 0 radical (unpaired) electrons.